The number of Topliss-reactive ketones (excluding diaryl/α,β-unsaturated/α-hetero) is 1. The summed E-state index contributed by atoms with van der Waals surface area (Å²) in [7, 11) is 0. The zero-order valence-electron chi connectivity index (χ0n) is 20.7. The highest BCUT2D eigenvalue weighted by atomic mass is 16.6. The van der Waals surface area contributed by atoms with Gasteiger partial charge in [0.1, 0.15) is 12.2 Å². The van der Waals surface area contributed by atoms with E-state index < -0.39 is 29.1 Å². The Morgan fingerprint density at radius 3 is 2.55 bits per heavy atom. The van der Waals surface area contributed by atoms with Crippen LogP contribution < -0.4 is 0 Å². The number of carbonyl (C=O) groups excluding carboxylic acids is 3. The van der Waals surface area contributed by atoms with Crippen molar-refractivity contribution >= 4 is 17.7 Å². The van der Waals surface area contributed by atoms with Gasteiger partial charge in [-0.3, -0.25) is 9.59 Å². The topological polar surface area (TPSA) is 89.9 Å². The summed E-state index contributed by atoms with van der Waals surface area (Å²) in [6, 6.07) is 0. The molecule has 4 aliphatic rings. The molecule has 2 fully saturated rings. The minimum atomic E-state index is -1.64. The summed E-state index contributed by atoms with van der Waals surface area (Å²) in [6.45, 7) is 13.1. The van der Waals surface area contributed by atoms with E-state index in [1.807, 2.05) is 26.0 Å². The Kier molecular flexibility index (Phi) is 5.55. The lowest BCUT2D eigenvalue weighted by atomic mass is 9.59. The molecule has 7 atom stereocenters. The van der Waals surface area contributed by atoms with E-state index in [4.69, 9.17) is 9.47 Å². The summed E-state index contributed by atoms with van der Waals surface area (Å²) in [5.41, 5.74) is -0.924. The molecule has 0 radical (unpaired) electrons. The molecule has 0 aromatic heterocycles. The third kappa shape index (κ3) is 3.28. The second kappa shape index (κ2) is 7.66. The van der Waals surface area contributed by atoms with Crippen molar-refractivity contribution in [3.8, 4) is 0 Å². The van der Waals surface area contributed by atoms with Gasteiger partial charge in [-0.05, 0) is 61.5 Å². The standard InChI is InChI=1S/C27H36O6/c1-8-14(2)24(30)33-23-15(3)11-26-16(4)9-20-21(25(20,6)7)19(22(26)29)10-18(12-27(23,26)31)13-32-17(5)28/h8,10-11,16,19-21,23,31H,9,12-13H2,1-7H3. The largest absolute Gasteiger partial charge is 0.461 e. The van der Waals surface area contributed by atoms with E-state index in [-0.39, 0.29) is 42.0 Å². The van der Waals surface area contributed by atoms with E-state index in [1.54, 1.807) is 19.9 Å². The molecule has 0 aromatic carbocycles. The van der Waals surface area contributed by atoms with Gasteiger partial charge < -0.3 is 14.6 Å². The third-order valence-electron chi connectivity index (χ3n) is 8.99. The number of hydrogen-bond acceptors (Lipinski definition) is 6. The molecule has 0 saturated heterocycles. The van der Waals surface area contributed by atoms with Crippen molar-refractivity contribution in [1.29, 1.82) is 0 Å². The number of esters is 2. The number of hydrogen-bond donors (Lipinski definition) is 1. The van der Waals surface area contributed by atoms with Crippen LogP contribution in [0.2, 0.25) is 0 Å². The predicted molar refractivity (Wildman–Crippen MR) is 123 cm³/mol. The molecular formula is C27H36O6. The van der Waals surface area contributed by atoms with Crippen LogP contribution in [0.25, 0.3) is 0 Å². The van der Waals surface area contributed by atoms with E-state index >= 15 is 0 Å². The van der Waals surface area contributed by atoms with Gasteiger partial charge in [-0.25, -0.2) is 4.79 Å². The Morgan fingerprint density at radius 1 is 1.27 bits per heavy atom. The SMILES string of the molecule is CC=C(C)C(=O)OC1C(C)=CC23C(=O)C(C=C(COC(C)=O)CC12O)C1C(CC3C)C1(C)C. The summed E-state index contributed by atoms with van der Waals surface area (Å²) in [5, 5.41) is 12.4. The van der Waals surface area contributed by atoms with E-state index in [0.29, 0.717) is 22.6 Å². The van der Waals surface area contributed by atoms with Crippen LogP contribution in [0.15, 0.2) is 34.9 Å². The first kappa shape index (κ1) is 23.9. The molecule has 0 aromatic rings. The lowest BCUT2D eigenvalue weighted by molar-refractivity contribution is -0.178. The zero-order valence-corrected chi connectivity index (χ0v) is 20.7. The Labute approximate surface area is 196 Å². The molecule has 6 nitrogen and oxygen atoms in total. The van der Waals surface area contributed by atoms with Crippen LogP contribution in [0.5, 0.6) is 0 Å². The number of fused-ring (bicyclic) bond motifs is 3. The number of allylic oxidation sites excluding steroid dienone is 2. The maximum Gasteiger partial charge on any atom is 0.334 e. The highest BCUT2D eigenvalue weighted by molar-refractivity contribution is 5.95. The summed E-state index contributed by atoms with van der Waals surface area (Å²) in [4.78, 5) is 38.6. The zero-order chi connectivity index (χ0) is 24.5. The van der Waals surface area contributed by atoms with Crippen molar-refractivity contribution in [2.45, 2.75) is 73.0 Å². The van der Waals surface area contributed by atoms with Gasteiger partial charge in [0.05, 0.1) is 5.41 Å². The Bertz CT molecular complexity index is 1000. The molecule has 7 unspecified atom stereocenters. The number of rotatable bonds is 4. The van der Waals surface area contributed by atoms with Gasteiger partial charge in [-0.2, -0.15) is 0 Å². The average molecular weight is 457 g/mol. The van der Waals surface area contributed by atoms with Crippen LogP contribution in [0, 0.1) is 34.5 Å². The molecule has 1 N–H and O–H groups in total. The van der Waals surface area contributed by atoms with E-state index in [2.05, 4.69) is 13.8 Å². The molecular weight excluding hydrogens is 420 g/mol. The molecule has 1 spiro atoms. The van der Waals surface area contributed by atoms with Gasteiger partial charge in [0.15, 0.2) is 11.9 Å². The van der Waals surface area contributed by atoms with Crippen LogP contribution in [-0.4, -0.2) is 41.1 Å². The van der Waals surface area contributed by atoms with Crippen molar-refractivity contribution < 1.29 is 29.0 Å². The highest BCUT2D eigenvalue weighted by Crippen LogP contribution is 2.71. The summed E-state index contributed by atoms with van der Waals surface area (Å²) < 4.78 is 11.2. The molecule has 33 heavy (non-hydrogen) atoms. The normalized spacial score (nSPS) is 41.0. The van der Waals surface area contributed by atoms with Crippen molar-refractivity contribution in [3.05, 3.63) is 34.9 Å². The summed E-state index contributed by atoms with van der Waals surface area (Å²) in [5.74, 6) is -0.878. The maximum absolute atomic E-state index is 14.3. The first-order chi connectivity index (χ1) is 15.3. The van der Waals surface area contributed by atoms with Crippen LogP contribution >= 0.6 is 0 Å². The quantitative estimate of drug-likeness (QED) is 0.392. The van der Waals surface area contributed by atoms with E-state index in [1.165, 1.54) is 6.92 Å². The van der Waals surface area contributed by atoms with Crippen LogP contribution in [0.1, 0.15) is 61.3 Å². The summed E-state index contributed by atoms with van der Waals surface area (Å²) >= 11 is 0. The molecule has 2 saturated carbocycles. The molecule has 0 amide bonds. The molecule has 180 valence electrons. The Balaban J connectivity index is 1.84. The molecule has 0 aliphatic heterocycles. The maximum atomic E-state index is 14.3. The van der Waals surface area contributed by atoms with E-state index in [9.17, 15) is 19.5 Å². The highest BCUT2D eigenvalue weighted by Gasteiger charge is 2.74. The number of ketones is 1. The second-order valence-corrected chi connectivity index (χ2v) is 11.2. The Morgan fingerprint density at radius 2 is 1.94 bits per heavy atom. The second-order valence-electron chi connectivity index (χ2n) is 11.2. The summed E-state index contributed by atoms with van der Waals surface area (Å²) in [6.07, 6.45) is 5.47. The molecule has 2 bridgehead atoms. The average Bonchev–Trinajstić information content (AvgIpc) is 3.24. The van der Waals surface area contributed by atoms with Gasteiger partial charge in [0, 0.05) is 24.8 Å². The van der Waals surface area contributed by atoms with Crippen molar-refractivity contribution in [1.82, 2.24) is 0 Å². The van der Waals surface area contributed by atoms with Gasteiger partial charge >= 0.3 is 11.9 Å². The third-order valence-corrected chi connectivity index (χ3v) is 8.99. The fraction of sp³-hybridized carbons (Fsp3) is 0.667. The van der Waals surface area contributed by atoms with Gasteiger partial charge in [0.2, 0.25) is 0 Å². The van der Waals surface area contributed by atoms with Gasteiger partial charge in [0.25, 0.3) is 0 Å². The Hall–Kier alpha value is -2.21. The minimum absolute atomic E-state index is 0.00551. The van der Waals surface area contributed by atoms with Crippen molar-refractivity contribution in [3.63, 3.8) is 0 Å². The fourth-order valence-corrected chi connectivity index (χ4v) is 7.08. The molecule has 4 rings (SSSR count). The molecule has 4 aliphatic carbocycles. The van der Waals surface area contributed by atoms with Crippen molar-refractivity contribution in [2.75, 3.05) is 6.61 Å². The van der Waals surface area contributed by atoms with Crippen LogP contribution in [-0.2, 0) is 23.9 Å². The van der Waals surface area contributed by atoms with Gasteiger partial charge in [-0.15, -0.1) is 0 Å². The first-order valence-corrected chi connectivity index (χ1v) is 11.9. The molecule has 6 heteroatoms. The van der Waals surface area contributed by atoms with Gasteiger partial charge in [-0.1, -0.05) is 39.0 Å². The minimum Gasteiger partial charge on any atom is -0.461 e. The number of ether oxygens (including phenoxy) is 2. The van der Waals surface area contributed by atoms with Crippen LogP contribution in [0.3, 0.4) is 0 Å². The number of aliphatic hydroxyl groups is 1. The van der Waals surface area contributed by atoms with Crippen LogP contribution in [0.4, 0.5) is 0 Å². The predicted octanol–water partition coefficient (Wildman–Crippen LogP) is 3.93. The van der Waals surface area contributed by atoms with Crippen molar-refractivity contribution in [2.24, 2.45) is 34.5 Å². The number of carbonyl (C=O) groups is 3. The molecule has 0 heterocycles. The monoisotopic (exact) mass is 456 g/mol. The first-order valence-electron chi connectivity index (χ1n) is 11.9. The van der Waals surface area contributed by atoms with E-state index in [0.717, 1.165) is 6.42 Å². The smallest absolute Gasteiger partial charge is 0.334 e. The lowest BCUT2D eigenvalue weighted by Crippen LogP contribution is -2.60. The fourth-order valence-electron chi connectivity index (χ4n) is 7.08. The lowest BCUT2D eigenvalue weighted by Gasteiger charge is -2.47.